The number of esters is 2. The number of hydrogen-bond acceptors (Lipinski definition) is 5. The summed E-state index contributed by atoms with van der Waals surface area (Å²) in [6.45, 7) is 7.74. The van der Waals surface area contributed by atoms with Crippen molar-refractivity contribution in [2.45, 2.75) is 162 Å². The van der Waals surface area contributed by atoms with E-state index in [1.54, 1.807) is 0 Å². The molecule has 37 heavy (non-hydrogen) atoms. The predicted octanol–water partition coefficient (Wildman–Crippen LogP) is 8.87. The highest BCUT2D eigenvalue weighted by molar-refractivity contribution is 5.72. The first-order valence-corrected chi connectivity index (χ1v) is 15.9. The molecule has 0 aliphatic heterocycles. The molecular formula is C32H63NO4. The molecular weight excluding hydrogens is 462 g/mol. The number of carbonyl (C=O) groups excluding carboxylic acids is 2. The summed E-state index contributed by atoms with van der Waals surface area (Å²) in [5.74, 6) is -0.275. The third-order valence-electron chi connectivity index (χ3n) is 7.22. The van der Waals surface area contributed by atoms with Crippen molar-refractivity contribution in [2.75, 3.05) is 27.2 Å². The molecule has 0 heterocycles. The second kappa shape index (κ2) is 26.5. The maximum atomic E-state index is 13.1. The van der Waals surface area contributed by atoms with E-state index in [9.17, 15) is 9.59 Å². The number of carbonyl (C=O) groups is 2. The van der Waals surface area contributed by atoms with Crippen molar-refractivity contribution in [1.82, 2.24) is 4.90 Å². The molecule has 2 atom stereocenters. The van der Waals surface area contributed by atoms with E-state index in [0.717, 1.165) is 70.8 Å². The van der Waals surface area contributed by atoms with Gasteiger partial charge in [0, 0.05) is 6.42 Å². The van der Waals surface area contributed by atoms with E-state index in [-0.39, 0.29) is 30.6 Å². The van der Waals surface area contributed by atoms with Gasteiger partial charge in [0.1, 0.15) is 12.7 Å². The van der Waals surface area contributed by atoms with Crippen LogP contribution in [0.25, 0.3) is 0 Å². The van der Waals surface area contributed by atoms with Crippen LogP contribution in [-0.4, -0.2) is 50.2 Å². The molecule has 0 saturated heterocycles. The fourth-order valence-corrected chi connectivity index (χ4v) is 4.77. The maximum absolute atomic E-state index is 13.1. The van der Waals surface area contributed by atoms with Crippen LogP contribution >= 0.6 is 0 Å². The van der Waals surface area contributed by atoms with Crippen molar-refractivity contribution in [3.8, 4) is 0 Å². The monoisotopic (exact) mass is 525 g/mol. The van der Waals surface area contributed by atoms with E-state index < -0.39 is 0 Å². The van der Waals surface area contributed by atoms with Crippen LogP contribution in [0.2, 0.25) is 0 Å². The SMILES string of the molecule is CCCCCCCCCC(CCCCC)C(=O)OCC(CCCCCCCC)OC(=O)CCCN(C)C. The molecule has 0 amide bonds. The van der Waals surface area contributed by atoms with Crippen LogP contribution < -0.4 is 0 Å². The molecule has 0 bridgehead atoms. The van der Waals surface area contributed by atoms with E-state index in [4.69, 9.17) is 9.47 Å². The van der Waals surface area contributed by atoms with Gasteiger partial charge in [-0.25, -0.2) is 0 Å². The molecule has 5 nitrogen and oxygen atoms in total. The van der Waals surface area contributed by atoms with Crippen molar-refractivity contribution in [3.63, 3.8) is 0 Å². The summed E-state index contributed by atoms with van der Waals surface area (Å²) < 4.78 is 11.6. The number of ether oxygens (including phenoxy) is 2. The van der Waals surface area contributed by atoms with Crippen molar-refractivity contribution < 1.29 is 19.1 Å². The molecule has 0 aromatic rings. The minimum atomic E-state index is -0.322. The Morgan fingerprint density at radius 3 is 1.62 bits per heavy atom. The summed E-state index contributed by atoms with van der Waals surface area (Å²) in [5, 5.41) is 0. The lowest BCUT2D eigenvalue weighted by Gasteiger charge is -2.21. The molecule has 0 spiro atoms. The van der Waals surface area contributed by atoms with Gasteiger partial charge in [-0.05, 0) is 52.7 Å². The third kappa shape index (κ3) is 23.7. The summed E-state index contributed by atoms with van der Waals surface area (Å²) >= 11 is 0. The average molecular weight is 526 g/mol. The summed E-state index contributed by atoms with van der Waals surface area (Å²) in [4.78, 5) is 27.6. The van der Waals surface area contributed by atoms with Gasteiger partial charge in [0.2, 0.25) is 0 Å². The van der Waals surface area contributed by atoms with Gasteiger partial charge in [0.25, 0.3) is 0 Å². The molecule has 0 fully saturated rings. The van der Waals surface area contributed by atoms with Crippen LogP contribution in [0.1, 0.15) is 156 Å². The molecule has 0 aromatic heterocycles. The Bertz CT molecular complexity index is 523. The van der Waals surface area contributed by atoms with Crippen molar-refractivity contribution in [2.24, 2.45) is 5.92 Å². The summed E-state index contributed by atoms with van der Waals surface area (Å²) in [6.07, 6.45) is 22.8. The first-order chi connectivity index (χ1) is 17.9. The van der Waals surface area contributed by atoms with Crippen LogP contribution in [0.15, 0.2) is 0 Å². The molecule has 0 saturated carbocycles. The fraction of sp³-hybridized carbons (Fsp3) is 0.938. The summed E-state index contributed by atoms with van der Waals surface area (Å²) in [6, 6.07) is 0. The minimum absolute atomic E-state index is 0.0207. The number of nitrogens with zero attached hydrogens (tertiary/aromatic N) is 1. The zero-order chi connectivity index (χ0) is 27.6. The highest BCUT2D eigenvalue weighted by atomic mass is 16.6. The van der Waals surface area contributed by atoms with Gasteiger partial charge in [0.05, 0.1) is 5.92 Å². The Hall–Kier alpha value is -1.10. The quantitative estimate of drug-likeness (QED) is 0.0791. The minimum Gasteiger partial charge on any atom is -0.462 e. The fourth-order valence-electron chi connectivity index (χ4n) is 4.77. The van der Waals surface area contributed by atoms with Gasteiger partial charge in [-0.1, -0.05) is 117 Å². The van der Waals surface area contributed by atoms with Crippen molar-refractivity contribution >= 4 is 11.9 Å². The molecule has 0 N–H and O–H groups in total. The maximum Gasteiger partial charge on any atom is 0.309 e. The van der Waals surface area contributed by atoms with E-state index >= 15 is 0 Å². The Morgan fingerprint density at radius 1 is 0.622 bits per heavy atom. The normalized spacial score (nSPS) is 13.0. The van der Waals surface area contributed by atoms with E-state index in [1.807, 2.05) is 14.1 Å². The topological polar surface area (TPSA) is 55.8 Å². The molecule has 0 aliphatic carbocycles. The lowest BCUT2D eigenvalue weighted by Crippen LogP contribution is -2.28. The zero-order valence-electron chi connectivity index (χ0n) is 25.5. The van der Waals surface area contributed by atoms with Gasteiger partial charge < -0.3 is 14.4 Å². The van der Waals surface area contributed by atoms with Crippen LogP contribution in [0.4, 0.5) is 0 Å². The lowest BCUT2D eigenvalue weighted by atomic mass is 9.94. The van der Waals surface area contributed by atoms with Gasteiger partial charge in [-0.15, -0.1) is 0 Å². The molecule has 5 heteroatoms. The third-order valence-corrected chi connectivity index (χ3v) is 7.22. The molecule has 0 rings (SSSR count). The van der Waals surface area contributed by atoms with E-state index in [2.05, 4.69) is 25.7 Å². The highest BCUT2D eigenvalue weighted by Crippen LogP contribution is 2.21. The van der Waals surface area contributed by atoms with Gasteiger partial charge >= 0.3 is 11.9 Å². The smallest absolute Gasteiger partial charge is 0.309 e. The summed E-state index contributed by atoms with van der Waals surface area (Å²) in [5.41, 5.74) is 0. The second-order valence-corrected chi connectivity index (χ2v) is 11.3. The highest BCUT2D eigenvalue weighted by Gasteiger charge is 2.22. The number of hydrogen-bond donors (Lipinski definition) is 0. The zero-order valence-corrected chi connectivity index (χ0v) is 25.5. The van der Waals surface area contributed by atoms with E-state index in [0.29, 0.717) is 6.42 Å². The van der Waals surface area contributed by atoms with Crippen LogP contribution in [0.5, 0.6) is 0 Å². The first kappa shape index (κ1) is 35.9. The van der Waals surface area contributed by atoms with Crippen molar-refractivity contribution in [3.05, 3.63) is 0 Å². The van der Waals surface area contributed by atoms with Gasteiger partial charge in [-0.3, -0.25) is 9.59 Å². The summed E-state index contributed by atoms with van der Waals surface area (Å²) in [7, 11) is 4.02. The van der Waals surface area contributed by atoms with E-state index in [1.165, 1.54) is 64.2 Å². The van der Waals surface area contributed by atoms with Crippen LogP contribution in [0.3, 0.4) is 0 Å². The van der Waals surface area contributed by atoms with Crippen LogP contribution in [-0.2, 0) is 19.1 Å². The Labute approximate surface area is 230 Å². The van der Waals surface area contributed by atoms with Gasteiger partial charge in [-0.2, -0.15) is 0 Å². The molecule has 0 aromatic carbocycles. The number of rotatable bonds is 27. The predicted molar refractivity (Wildman–Crippen MR) is 157 cm³/mol. The van der Waals surface area contributed by atoms with Crippen molar-refractivity contribution in [1.29, 1.82) is 0 Å². The molecule has 0 aliphatic rings. The number of unbranched alkanes of at least 4 members (excludes halogenated alkanes) is 13. The second-order valence-electron chi connectivity index (χ2n) is 11.3. The van der Waals surface area contributed by atoms with Gasteiger partial charge in [0.15, 0.2) is 0 Å². The molecule has 220 valence electrons. The molecule has 2 unspecified atom stereocenters. The Morgan fingerprint density at radius 2 is 1.08 bits per heavy atom. The van der Waals surface area contributed by atoms with Crippen LogP contribution in [0, 0.1) is 5.92 Å². The largest absolute Gasteiger partial charge is 0.462 e. The first-order valence-electron chi connectivity index (χ1n) is 15.9. The molecule has 0 radical (unpaired) electrons. The average Bonchev–Trinajstić information content (AvgIpc) is 2.87. The Balaban J connectivity index is 4.72. The Kier molecular flexibility index (Phi) is 25.7. The lowest BCUT2D eigenvalue weighted by molar-refractivity contribution is -0.162. The standard InChI is InChI=1S/C32H63NO4/c1-6-9-12-14-16-17-20-24-29(23-19-11-8-3)32(35)36-28-30(25-21-18-15-13-10-7-2)37-31(34)26-22-27-33(4)5/h29-30H,6-28H2,1-5H3.